The molecule has 2 aromatic carbocycles. The molecule has 0 heterocycles. The summed E-state index contributed by atoms with van der Waals surface area (Å²) in [4.78, 5) is 11.1. The molecule has 0 aliphatic rings. The summed E-state index contributed by atoms with van der Waals surface area (Å²) in [6.07, 6.45) is 0.494. The minimum atomic E-state index is -0.790. The summed E-state index contributed by atoms with van der Waals surface area (Å²) < 4.78 is 5.69. The lowest BCUT2D eigenvalue weighted by molar-refractivity contribution is -0.146. The molecule has 104 valence electrons. The molecule has 0 aliphatic carbocycles. The van der Waals surface area contributed by atoms with E-state index in [-0.39, 0.29) is 0 Å². The van der Waals surface area contributed by atoms with Gasteiger partial charge in [-0.25, -0.2) is 0 Å². The number of carboxylic acid groups (broad SMARTS) is 1. The number of para-hydroxylation sites is 1. The van der Waals surface area contributed by atoms with E-state index < -0.39 is 11.4 Å². The van der Waals surface area contributed by atoms with E-state index in [4.69, 9.17) is 9.84 Å². The van der Waals surface area contributed by atoms with Gasteiger partial charge in [-0.15, -0.1) is 0 Å². The van der Waals surface area contributed by atoms with Crippen LogP contribution in [0.1, 0.15) is 19.4 Å². The molecule has 0 bridgehead atoms. The van der Waals surface area contributed by atoms with Crippen LogP contribution in [0.3, 0.4) is 0 Å². The maximum Gasteiger partial charge on any atom is 0.309 e. The zero-order valence-electron chi connectivity index (χ0n) is 11.7. The Morgan fingerprint density at radius 1 is 1.00 bits per heavy atom. The van der Waals surface area contributed by atoms with Gasteiger partial charge in [0.15, 0.2) is 0 Å². The molecular formula is C17H18O3. The quantitative estimate of drug-likeness (QED) is 0.888. The lowest BCUT2D eigenvalue weighted by atomic mass is 9.86. The van der Waals surface area contributed by atoms with E-state index in [2.05, 4.69) is 0 Å². The van der Waals surface area contributed by atoms with Gasteiger partial charge in [0.2, 0.25) is 0 Å². The summed E-state index contributed by atoms with van der Waals surface area (Å²) >= 11 is 0. The SMILES string of the molecule is CC(C)(Cc1ccc(Oc2ccccc2)cc1)C(=O)O. The summed E-state index contributed by atoms with van der Waals surface area (Å²) in [7, 11) is 0. The predicted molar refractivity (Wildman–Crippen MR) is 78.1 cm³/mol. The molecule has 0 unspecified atom stereocenters. The van der Waals surface area contributed by atoms with Crippen molar-refractivity contribution in [3.05, 3.63) is 60.2 Å². The highest BCUT2D eigenvalue weighted by Gasteiger charge is 2.27. The fourth-order valence-electron chi connectivity index (χ4n) is 1.89. The minimum Gasteiger partial charge on any atom is -0.481 e. The Balaban J connectivity index is 2.05. The first kappa shape index (κ1) is 14.1. The van der Waals surface area contributed by atoms with Crippen molar-refractivity contribution in [2.75, 3.05) is 0 Å². The Morgan fingerprint density at radius 3 is 2.10 bits per heavy atom. The van der Waals surface area contributed by atoms with Crippen LogP contribution in [-0.4, -0.2) is 11.1 Å². The molecule has 0 aromatic heterocycles. The minimum absolute atomic E-state index is 0.494. The molecular weight excluding hydrogens is 252 g/mol. The lowest BCUT2D eigenvalue weighted by Crippen LogP contribution is -2.26. The molecule has 0 saturated heterocycles. The highest BCUT2D eigenvalue weighted by atomic mass is 16.5. The fraction of sp³-hybridized carbons (Fsp3) is 0.235. The van der Waals surface area contributed by atoms with Gasteiger partial charge in [0.25, 0.3) is 0 Å². The van der Waals surface area contributed by atoms with E-state index in [1.165, 1.54) is 0 Å². The summed E-state index contributed by atoms with van der Waals surface area (Å²) in [5.41, 5.74) is 0.222. The molecule has 0 radical (unpaired) electrons. The van der Waals surface area contributed by atoms with Crippen LogP contribution in [0.15, 0.2) is 54.6 Å². The van der Waals surface area contributed by atoms with Crippen molar-refractivity contribution < 1.29 is 14.6 Å². The number of hydrogen-bond donors (Lipinski definition) is 1. The van der Waals surface area contributed by atoms with Crippen LogP contribution in [0.4, 0.5) is 0 Å². The number of rotatable bonds is 5. The number of carboxylic acids is 1. The van der Waals surface area contributed by atoms with Gasteiger partial charge in [-0.3, -0.25) is 4.79 Å². The normalized spacial score (nSPS) is 11.1. The smallest absolute Gasteiger partial charge is 0.309 e. The van der Waals surface area contributed by atoms with E-state index in [1.54, 1.807) is 13.8 Å². The number of carbonyl (C=O) groups is 1. The second-order valence-corrected chi connectivity index (χ2v) is 5.42. The molecule has 0 aliphatic heterocycles. The highest BCUT2D eigenvalue weighted by Crippen LogP contribution is 2.25. The van der Waals surface area contributed by atoms with E-state index in [0.29, 0.717) is 6.42 Å². The lowest BCUT2D eigenvalue weighted by Gasteiger charge is -2.19. The van der Waals surface area contributed by atoms with Gasteiger partial charge < -0.3 is 9.84 Å². The van der Waals surface area contributed by atoms with Gasteiger partial charge in [-0.2, -0.15) is 0 Å². The average molecular weight is 270 g/mol. The van der Waals surface area contributed by atoms with Gasteiger partial charge in [0.1, 0.15) is 11.5 Å². The van der Waals surface area contributed by atoms with Gasteiger partial charge in [0, 0.05) is 0 Å². The van der Waals surface area contributed by atoms with E-state index in [1.807, 2.05) is 54.6 Å². The van der Waals surface area contributed by atoms with E-state index >= 15 is 0 Å². The maximum atomic E-state index is 11.1. The summed E-state index contributed by atoms with van der Waals surface area (Å²) in [5, 5.41) is 9.13. The number of ether oxygens (including phenoxy) is 1. The average Bonchev–Trinajstić information content (AvgIpc) is 2.42. The molecule has 0 fully saturated rings. The third-order valence-electron chi connectivity index (χ3n) is 3.13. The van der Waals surface area contributed by atoms with Crippen LogP contribution in [0.25, 0.3) is 0 Å². The van der Waals surface area contributed by atoms with Crippen molar-refractivity contribution in [3.8, 4) is 11.5 Å². The van der Waals surface area contributed by atoms with E-state index in [0.717, 1.165) is 17.1 Å². The van der Waals surface area contributed by atoms with Crippen LogP contribution in [0.2, 0.25) is 0 Å². The summed E-state index contributed by atoms with van der Waals surface area (Å²) in [5.74, 6) is 0.737. The zero-order chi connectivity index (χ0) is 14.6. The van der Waals surface area contributed by atoms with Gasteiger partial charge in [-0.05, 0) is 50.1 Å². The third kappa shape index (κ3) is 3.60. The van der Waals surface area contributed by atoms with Crippen LogP contribution in [-0.2, 0) is 11.2 Å². The Bertz CT molecular complexity index is 571. The first-order valence-corrected chi connectivity index (χ1v) is 6.53. The molecule has 2 rings (SSSR count). The molecule has 0 amide bonds. The monoisotopic (exact) mass is 270 g/mol. The number of hydrogen-bond acceptors (Lipinski definition) is 2. The molecule has 2 aromatic rings. The summed E-state index contributed by atoms with van der Waals surface area (Å²) in [6, 6.07) is 17.1. The Hall–Kier alpha value is -2.29. The molecule has 1 N–H and O–H groups in total. The van der Waals surface area contributed by atoms with Crippen molar-refractivity contribution in [2.45, 2.75) is 20.3 Å². The first-order valence-electron chi connectivity index (χ1n) is 6.53. The molecule has 0 atom stereocenters. The Labute approximate surface area is 118 Å². The van der Waals surface area contributed by atoms with Crippen LogP contribution < -0.4 is 4.74 Å². The highest BCUT2D eigenvalue weighted by molar-refractivity contribution is 5.74. The van der Waals surface area contributed by atoms with Crippen LogP contribution >= 0.6 is 0 Å². The van der Waals surface area contributed by atoms with Crippen LogP contribution in [0.5, 0.6) is 11.5 Å². The second kappa shape index (κ2) is 5.78. The molecule has 3 heteroatoms. The molecule has 20 heavy (non-hydrogen) atoms. The topological polar surface area (TPSA) is 46.5 Å². The Kier molecular flexibility index (Phi) is 4.08. The first-order chi connectivity index (χ1) is 9.47. The number of aliphatic carboxylic acids is 1. The van der Waals surface area contributed by atoms with Crippen molar-refractivity contribution in [1.29, 1.82) is 0 Å². The maximum absolute atomic E-state index is 11.1. The van der Waals surface area contributed by atoms with Crippen molar-refractivity contribution in [2.24, 2.45) is 5.41 Å². The predicted octanol–water partition coefficient (Wildman–Crippen LogP) is 4.13. The van der Waals surface area contributed by atoms with Crippen molar-refractivity contribution in [1.82, 2.24) is 0 Å². The summed E-state index contributed by atoms with van der Waals surface area (Å²) in [6.45, 7) is 3.45. The van der Waals surface area contributed by atoms with Crippen molar-refractivity contribution in [3.63, 3.8) is 0 Å². The van der Waals surface area contributed by atoms with Crippen molar-refractivity contribution >= 4 is 5.97 Å². The largest absolute Gasteiger partial charge is 0.481 e. The molecule has 0 saturated carbocycles. The standard InChI is InChI=1S/C17H18O3/c1-17(2,16(18)19)12-13-8-10-15(11-9-13)20-14-6-4-3-5-7-14/h3-11H,12H2,1-2H3,(H,18,19). The number of benzene rings is 2. The van der Waals surface area contributed by atoms with Crippen LogP contribution in [0, 0.1) is 5.41 Å². The van der Waals surface area contributed by atoms with Gasteiger partial charge in [-0.1, -0.05) is 30.3 Å². The molecule has 3 nitrogen and oxygen atoms in total. The zero-order valence-corrected chi connectivity index (χ0v) is 11.7. The second-order valence-electron chi connectivity index (χ2n) is 5.42. The van der Waals surface area contributed by atoms with Gasteiger partial charge >= 0.3 is 5.97 Å². The van der Waals surface area contributed by atoms with Gasteiger partial charge in [0.05, 0.1) is 5.41 Å². The Morgan fingerprint density at radius 2 is 1.55 bits per heavy atom. The van der Waals surface area contributed by atoms with E-state index in [9.17, 15) is 4.79 Å². The third-order valence-corrected chi connectivity index (χ3v) is 3.13. The molecule has 0 spiro atoms. The fourth-order valence-corrected chi connectivity index (χ4v) is 1.89.